The molecule has 148 valence electrons. The van der Waals surface area contributed by atoms with Crippen LogP contribution in [0.1, 0.15) is 15.9 Å². The van der Waals surface area contributed by atoms with E-state index in [1.54, 1.807) is 23.1 Å². The molecule has 0 radical (unpaired) electrons. The first-order chi connectivity index (χ1) is 13.2. The largest absolute Gasteiger partial charge is 0.338 e. The molecule has 1 N–H and O–H groups in total. The number of hydrogen-bond acceptors (Lipinski definition) is 5. The molecule has 6 nitrogen and oxygen atoms in total. The standard InChI is InChI=1S/C20H23N3O3S2/c1-14-9-10-16-17(13-14)27-20(21-16)23(12-11-22(2)3)19(24)15-7-5-6-8-18(15)28(4,25)26/h5-10,13H,11-12H2,1-4H3/p+1. The average Bonchev–Trinajstić information content (AvgIpc) is 3.03. The van der Waals surface area contributed by atoms with Crippen molar-refractivity contribution < 1.29 is 18.1 Å². The number of carbonyl (C=O) groups excluding carboxylic acids is 1. The van der Waals surface area contributed by atoms with Gasteiger partial charge in [0.1, 0.15) is 0 Å². The van der Waals surface area contributed by atoms with E-state index in [9.17, 15) is 13.2 Å². The van der Waals surface area contributed by atoms with Gasteiger partial charge >= 0.3 is 0 Å². The van der Waals surface area contributed by atoms with Gasteiger partial charge in [0.25, 0.3) is 5.91 Å². The van der Waals surface area contributed by atoms with Gasteiger partial charge in [0.2, 0.25) is 0 Å². The van der Waals surface area contributed by atoms with Crippen molar-refractivity contribution in [2.45, 2.75) is 11.8 Å². The number of nitrogens with zero attached hydrogens (tertiary/aromatic N) is 2. The number of carbonyl (C=O) groups is 1. The van der Waals surface area contributed by atoms with E-state index in [0.29, 0.717) is 18.2 Å². The summed E-state index contributed by atoms with van der Waals surface area (Å²) in [6.45, 7) is 3.17. The van der Waals surface area contributed by atoms with Crippen LogP contribution in [-0.4, -0.2) is 52.7 Å². The number of fused-ring (bicyclic) bond motifs is 1. The number of nitrogens with one attached hydrogen (secondary N) is 1. The number of sulfone groups is 1. The molecule has 1 amide bonds. The number of amides is 1. The Labute approximate surface area is 169 Å². The van der Waals surface area contributed by atoms with E-state index in [-0.39, 0.29) is 16.4 Å². The van der Waals surface area contributed by atoms with Crippen LogP contribution in [0, 0.1) is 6.92 Å². The van der Waals surface area contributed by atoms with Gasteiger partial charge in [-0.25, -0.2) is 13.4 Å². The fourth-order valence-electron chi connectivity index (χ4n) is 2.87. The zero-order valence-electron chi connectivity index (χ0n) is 16.4. The molecule has 0 bridgehead atoms. The highest BCUT2D eigenvalue weighted by Gasteiger charge is 2.26. The molecular formula is C20H24N3O3S2+. The molecule has 0 unspecified atom stereocenters. The molecule has 0 fully saturated rings. The fourth-order valence-corrected chi connectivity index (χ4v) is 4.84. The lowest BCUT2D eigenvalue weighted by atomic mass is 10.2. The lowest BCUT2D eigenvalue weighted by molar-refractivity contribution is -0.856. The van der Waals surface area contributed by atoms with Crippen LogP contribution in [0.25, 0.3) is 10.2 Å². The van der Waals surface area contributed by atoms with E-state index >= 15 is 0 Å². The van der Waals surface area contributed by atoms with Crippen molar-refractivity contribution in [3.8, 4) is 0 Å². The monoisotopic (exact) mass is 418 g/mol. The molecule has 2 aromatic carbocycles. The van der Waals surface area contributed by atoms with Crippen molar-refractivity contribution in [2.24, 2.45) is 0 Å². The van der Waals surface area contributed by atoms with Crippen molar-refractivity contribution in [1.29, 1.82) is 0 Å². The highest BCUT2D eigenvalue weighted by molar-refractivity contribution is 7.90. The molecule has 1 heterocycles. The summed E-state index contributed by atoms with van der Waals surface area (Å²) < 4.78 is 25.3. The van der Waals surface area contributed by atoms with Gasteiger partial charge in [0.15, 0.2) is 15.0 Å². The second-order valence-electron chi connectivity index (χ2n) is 7.15. The molecule has 1 aromatic heterocycles. The van der Waals surface area contributed by atoms with Crippen LogP contribution in [0.3, 0.4) is 0 Å². The van der Waals surface area contributed by atoms with E-state index in [1.807, 2.05) is 39.2 Å². The number of aryl methyl sites for hydroxylation is 1. The van der Waals surface area contributed by atoms with Crippen LogP contribution in [0.5, 0.6) is 0 Å². The maximum absolute atomic E-state index is 13.4. The number of rotatable bonds is 6. The summed E-state index contributed by atoms with van der Waals surface area (Å²) in [5.74, 6) is -0.349. The molecule has 0 aliphatic rings. The van der Waals surface area contributed by atoms with Gasteiger partial charge in [-0.05, 0) is 36.8 Å². The third-order valence-electron chi connectivity index (χ3n) is 4.36. The molecule has 0 spiro atoms. The van der Waals surface area contributed by atoms with Crippen molar-refractivity contribution in [2.75, 3.05) is 38.3 Å². The van der Waals surface area contributed by atoms with Crippen LogP contribution in [0.15, 0.2) is 47.4 Å². The molecule has 0 atom stereocenters. The Morgan fingerprint density at radius 1 is 1.18 bits per heavy atom. The number of anilines is 1. The minimum absolute atomic E-state index is 0.0409. The van der Waals surface area contributed by atoms with Crippen molar-refractivity contribution in [1.82, 2.24) is 4.98 Å². The van der Waals surface area contributed by atoms with Gasteiger partial charge in [-0.3, -0.25) is 9.69 Å². The summed E-state index contributed by atoms with van der Waals surface area (Å²) >= 11 is 1.44. The smallest absolute Gasteiger partial charge is 0.261 e. The summed E-state index contributed by atoms with van der Waals surface area (Å²) in [6.07, 6.45) is 1.12. The molecular weight excluding hydrogens is 394 g/mol. The van der Waals surface area contributed by atoms with E-state index in [0.717, 1.165) is 22.0 Å². The zero-order valence-corrected chi connectivity index (χ0v) is 18.0. The first kappa shape index (κ1) is 20.4. The van der Waals surface area contributed by atoms with E-state index in [4.69, 9.17) is 0 Å². The van der Waals surface area contributed by atoms with Crippen LogP contribution >= 0.6 is 11.3 Å². The quantitative estimate of drug-likeness (QED) is 0.663. The first-order valence-electron chi connectivity index (χ1n) is 8.94. The van der Waals surface area contributed by atoms with Crippen LogP contribution < -0.4 is 9.80 Å². The van der Waals surface area contributed by atoms with Crippen molar-refractivity contribution in [3.05, 3.63) is 53.6 Å². The lowest BCUT2D eigenvalue weighted by Crippen LogP contribution is -3.06. The second-order valence-corrected chi connectivity index (χ2v) is 10.1. The Kier molecular flexibility index (Phi) is 5.83. The second kappa shape index (κ2) is 7.98. The highest BCUT2D eigenvalue weighted by atomic mass is 32.2. The Bertz CT molecular complexity index is 1120. The van der Waals surface area contributed by atoms with Crippen LogP contribution in [-0.2, 0) is 9.84 Å². The van der Waals surface area contributed by atoms with Gasteiger partial charge in [-0.15, -0.1) is 0 Å². The zero-order chi connectivity index (χ0) is 20.5. The van der Waals surface area contributed by atoms with E-state index < -0.39 is 9.84 Å². The summed E-state index contributed by atoms with van der Waals surface area (Å²) in [4.78, 5) is 20.8. The number of benzene rings is 2. The Balaban J connectivity index is 2.08. The summed E-state index contributed by atoms with van der Waals surface area (Å²) in [6, 6.07) is 12.3. The Hall–Kier alpha value is -2.29. The minimum atomic E-state index is -3.53. The van der Waals surface area contributed by atoms with Gasteiger partial charge in [-0.1, -0.05) is 29.5 Å². The molecule has 8 heteroatoms. The molecule has 0 aliphatic heterocycles. The maximum Gasteiger partial charge on any atom is 0.261 e. The van der Waals surface area contributed by atoms with Gasteiger partial charge < -0.3 is 4.90 Å². The summed E-state index contributed by atoms with van der Waals surface area (Å²) in [5.41, 5.74) is 2.13. The van der Waals surface area contributed by atoms with Gasteiger partial charge in [-0.2, -0.15) is 0 Å². The number of thiazole rings is 1. The Morgan fingerprint density at radius 3 is 2.57 bits per heavy atom. The molecule has 3 rings (SSSR count). The summed E-state index contributed by atoms with van der Waals surface area (Å²) in [5, 5.41) is 0.579. The first-order valence-corrected chi connectivity index (χ1v) is 11.6. The van der Waals surface area contributed by atoms with E-state index in [2.05, 4.69) is 4.98 Å². The number of likely N-dealkylation sites (N-methyl/N-ethyl adjacent to an activating group) is 1. The minimum Gasteiger partial charge on any atom is -0.338 e. The third kappa shape index (κ3) is 4.40. The topological polar surface area (TPSA) is 71.8 Å². The predicted molar refractivity (Wildman–Crippen MR) is 113 cm³/mol. The normalized spacial score (nSPS) is 11.9. The predicted octanol–water partition coefficient (Wildman–Crippen LogP) is 1.80. The molecule has 0 aliphatic carbocycles. The number of aromatic nitrogens is 1. The van der Waals surface area contributed by atoms with Gasteiger partial charge in [0, 0.05) is 6.26 Å². The van der Waals surface area contributed by atoms with Crippen LogP contribution in [0.4, 0.5) is 5.13 Å². The Morgan fingerprint density at radius 2 is 1.89 bits per heavy atom. The number of hydrogen-bond donors (Lipinski definition) is 1. The van der Waals surface area contributed by atoms with E-state index in [1.165, 1.54) is 22.3 Å². The maximum atomic E-state index is 13.4. The molecule has 3 aromatic rings. The average molecular weight is 419 g/mol. The van der Waals surface area contributed by atoms with Crippen molar-refractivity contribution >= 4 is 42.4 Å². The fraction of sp³-hybridized carbons (Fsp3) is 0.300. The third-order valence-corrected chi connectivity index (χ3v) is 6.56. The SMILES string of the molecule is Cc1ccc2nc(N(CC[NH+](C)C)C(=O)c3ccccc3S(C)(=O)=O)sc2c1. The molecule has 0 saturated carbocycles. The highest BCUT2D eigenvalue weighted by Crippen LogP contribution is 2.31. The number of quaternary nitrogens is 1. The van der Waals surface area contributed by atoms with Crippen molar-refractivity contribution in [3.63, 3.8) is 0 Å². The van der Waals surface area contributed by atoms with Gasteiger partial charge in [0.05, 0.1) is 47.9 Å². The summed E-state index contributed by atoms with van der Waals surface area (Å²) in [7, 11) is 0.492. The van der Waals surface area contributed by atoms with Crippen LogP contribution in [0.2, 0.25) is 0 Å². The molecule has 0 saturated heterocycles. The molecule has 28 heavy (non-hydrogen) atoms. The lowest BCUT2D eigenvalue weighted by Gasteiger charge is -2.21.